The molecule has 10 heteroatoms. The number of carboxylic acids is 1. The molecular formula is C31H28F3NO6. The van der Waals surface area contributed by atoms with Gasteiger partial charge in [-0.3, -0.25) is 19.2 Å². The molecule has 1 amide bonds. The Morgan fingerprint density at radius 3 is 1.80 bits per heavy atom. The summed E-state index contributed by atoms with van der Waals surface area (Å²) in [6.07, 6.45) is -4.02. The maximum Gasteiger partial charge on any atom is 0.573 e. The summed E-state index contributed by atoms with van der Waals surface area (Å²) in [5.74, 6) is -3.18. The van der Waals surface area contributed by atoms with E-state index in [9.17, 15) is 32.3 Å². The van der Waals surface area contributed by atoms with Gasteiger partial charge in [-0.1, -0.05) is 69.3 Å². The molecule has 41 heavy (non-hydrogen) atoms. The van der Waals surface area contributed by atoms with E-state index >= 15 is 0 Å². The number of ketones is 2. The van der Waals surface area contributed by atoms with Crippen molar-refractivity contribution in [1.29, 1.82) is 0 Å². The Kier molecular flexibility index (Phi) is 9.49. The molecule has 0 radical (unpaired) electrons. The molecule has 0 aliphatic carbocycles. The third-order valence-corrected chi connectivity index (χ3v) is 5.99. The van der Waals surface area contributed by atoms with E-state index in [4.69, 9.17) is 5.11 Å². The van der Waals surface area contributed by atoms with E-state index in [1.165, 1.54) is 36.4 Å². The number of benzene rings is 3. The minimum atomic E-state index is -4.90. The number of ether oxygens (including phenoxy) is 1. The molecule has 3 aromatic rings. The number of amides is 1. The largest absolute Gasteiger partial charge is 0.573 e. The first-order valence-electron chi connectivity index (χ1n) is 12.5. The number of carboxylic acid groups (broad SMARTS) is 1. The minimum absolute atomic E-state index is 0.0748. The van der Waals surface area contributed by atoms with Crippen molar-refractivity contribution in [3.63, 3.8) is 0 Å². The highest BCUT2D eigenvalue weighted by Gasteiger charge is 2.31. The summed E-state index contributed by atoms with van der Waals surface area (Å²) < 4.78 is 41.8. The fraction of sp³-hybridized carbons (Fsp3) is 0.226. The third-order valence-electron chi connectivity index (χ3n) is 5.99. The lowest BCUT2D eigenvalue weighted by Crippen LogP contribution is -2.26. The number of alkyl halides is 3. The average Bonchev–Trinajstić information content (AvgIpc) is 2.90. The van der Waals surface area contributed by atoms with Crippen LogP contribution >= 0.6 is 0 Å². The number of hydrogen-bond donors (Lipinski definition) is 2. The number of aliphatic carboxylic acids is 1. The van der Waals surface area contributed by atoms with Crippen molar-refractivity contribution in [1.82, 2.24) is 5.32 Å². The molecule has 0 saturated carbocycles. The number of rotatable bonds is 10. The Hall–Kier alpha value is -4.73. The van der Waals surface area contributed by atoms with Crippen molar-refractivity contribution in [2.45, 2.75) is 39.0 Å². The van der Waals surface area contributed by atoms with E-state index in [2.05, 4.69) is 10.1 Å². The Labute approximate surface area is 234 Å². The van der Waals surface area contributed by atoms with Crippen LogP contribution in [0.15, 0.2) is 78.9 Å². The van der Waals surface area contributed by atoms with Crippen LogP contribution in [0.1, 0.15) is 69.4 Å². The van der Waals surface area contributed by atoms with Gasteiger partial charge in [0.1, 0.15) is 5.75 Å². The molecule has 2 N–H and O–H groups in total. The van der Waals surface area contributed by atoms with Gasteiger partial charge >= 0.3 is 12.3 Å². The Morgan fingerprint density at radius 2 is 1.29 bits per heavy atom. The molecule has 3 aromatic carbocycles. The van der Waals surface area contributed by atoms with Crippen molar-refractivity contribution in [3.05, 3.63) is 107 Å². The zero-order valence-corrected chi connectivity index (χ0v) is 22.5. The minimum Gasteiger partial charge on any atom is -0.481 e. The smallest absolute Gasteiger partial charge is 0.481 e. The first kappa shape index (κ1) is 30.8. The summed E-state index contributed by atoms with van der Waals surface area (Å²) in [5.41, 5.74) is 1.58. The van der Waals surface area contributed by atoms with E-state index in [1.807, 2.05) is 32.9 Å². The second kappa shape index (κ2) is 12.6. The number of Topliss-reactive ketones (excluding diaryl/α,β-unsaturated/α-hetero) is 1. The second-order valence-corrected chi connectivity index (χ2v) is 10.1. The molecule has 0 aliphatic rings. The van der Waals surface area contributed by atoms with Crippen LogP contribution in [0.25, 0.3) is 5.57 Å². The van der Waals surface area contributed by atoms with E-state index in [0.29, 0.717) is 5.56 Å². The van der Waals surface area contributed by atoms with Crippen LogP contribution in [0.3, 0.4) is 0 Å². The normalized spacial score (nSPS) is 12.0. The first-order valence-corrected chi connectivity index (χ1v) is 12.5. The van der Waals surface area contributed by atoms with Crippen LogP contribution in [0.4, 0.5) is 13.2 Å². The van der Waals surface area contributed by atoms with Crippen molar-refractivity contribution in [2.75, 3.05) is 6.54 Å². The molecule has 0 spiro atoms. The predicted molar refractivity (Wildman–Crippen MR) is 146 cm³/mol. The first-order chi connectivity index (χ1) is 19.1. The molecule has 0 aliphatic heterocycles. The quantitative estimate of drug-likeness (QED) is 0.222. The number of nitrogens with one attached hydrogen (secondary N) is 1. The highest BCUT2D eigenvalue weighted by atomic mass is 19.4. The molecule has 0 unspecified atom stereocenters. The molecule has 0 atom stereocenters. The fourth-order valence-corrected chi connectivity index (χ4v) is 3.78. The number of halogens is 3. The summed E-state index contributed by atoms with van der Waals surface area (Å²) in [6.45, 7) is 6.00. The topological polar surface area (TPSA) is 110 Å². The molecule has 0 fully saturated rings. The van der Waals surface area contributed by atoms with Crippen LogP contribution in [0.5, 0.6) is 5.75 Å². The number of carbonyl (C=O) groups is 4. The zero-order valence-electron chi connectivity index (χ0n) is 22.5. The molecule has 7 nitrogen and oxygen atoms in total. The van der Waals surface area contributed by atoms with Gasteiger partial charge in [0, 0.05) is 28.8 Å². The van der Waals surface area contributed by atoms with Gasteiger partial charge in [-0.2, -0.15) is 0 Å². The summed E-state index contributed by atoms with van der Waals surface area (Å²) in [6, 6.07) is 16.9. The average molecular weight is 568 g/mol. The highest BCUT2D eigenvalue weighted by Crippen LogP contribution is 2.28. The van der Waals surface area contributed by atoms with E-state index in [-0.39, 0.29) is 40.6 Å². The van der Waals surface area contributed by atoms with E-state index in [0.717, 1.165) is 23.8 Å². The van der Waals surface area contributed by atoms with Crippen LogP contribution in [0.2, 0.25) is 0 Å². The number of hydrogen-bond acceptors (Lipinski definition) is 5. The number of carbonyl (C=O) groups excluding carboxylic acids is 3. The van der Waals surface area contributed by atoms with Crippen molar-refractivity contribution in [2.24, 2.45) is 0 Å². The van der Waals surface area contributed by atoms with Crippen LogP contribution in [-0.2, 0) is 10.2 Å². The second-order valence-electron chi connectivity index (χ2n) is 10.1. The van der Waals surface area contributed by atoms with Crippen LogP contribution < -0.4 is 10.1 Å². The van der Waals surface area contributed by atoms with Crippen molar-refractivity contribution < 1.29 is 42.2 Å². The van der Waals surface area contributed by atoms with Gasteiger partial charge in [-0.15, -0.1) is 13.2 Å². The standard InChI is InChI=1S/C31H28F3NO6/c1-30(2,3)23-12-8-20(9-13-23)26(36)18-25(19-10-14-24(15-11-19)41-31(32,33)34)28(39)21-4-6-22(7-5-21)29(40)35-17-16-27(37)38/h4-15,18H,16-17H2,1-3H3,(H,35,40)(H,37,38). The maximum atomic E-state index is 13.5. The van der Waals surface area contributed by atoms with Crippen LogP contribution in [-0.4, -0.2) is 41.5 Å². The molecule has 0 saturated heterocycles. The zero-order chi connectivity index (χ0) is 30.4. The number of allylic oxidation sites excluding steroid dienone is 2. The van der Waals surface area contributed by atoms with Gasteiger partial charge in [0.15, 0.2) is 11.6 Å². The van der Waals surface area contributed by atoms with Crippen molar-refractivity contribution >= 4 is 29.0 Å². The lowest BCUT2D eigenvalue weighted by Gasteiger charge is -2.18. The third kappa shape index (κ3) is 8.89. The highest BCUT2D eigenvalue weighted by molar-refractivity contribution is 6.32. The van der Waals surface area contributed by atoms with Gasteiger partial charge in [0.2, 0.25) is 0 Å². The molecular weight excluding hydrogens is 539 g/mol. The molecule has 0 heterocycles. The van der Waals surface area contributed by atoms with Gasteiger partial charge in [-0.05, 0) is 46.9 Å². The Balaban J connectivity index is 1.94. The van der Waals surface area contributed by atoms with Gasteiger partial charge in [-0.25, -0.2) is 0 Å². The molecule has 0 bridgehead atoms. The predicted octanol–water partition coefficient (Wildman–Crippen LogP) is 6.24. The fourth-order valence-electron chi connectivity index (χ4n) is 3.78. The Morgan fingerprint density at radius 1 is 0.780 bits per heavy atom. The monoisotopic (exact) mass is 567 g/mol. The van der Waals surface area contributed by atoms with E-state index in [1.54, 1.807) is 12.1 Å². The maximum absolute atomic E-state index is 13.5. The van der Waals surface area contributed by atoms with Gasteiger partial charge < -0.3 is 15.2 Å². The van der Waals surface area contributed by atoms with Gasteiger partial charge in [0.25, 0.3) is 5.91 Å². The molecule has 3 rings (SSSR count). The lowest BCUT2D eigenvalue weighted by atomic mass is 9.86. The summed E-state index contributed by atoms with van der Waals surface area (Å²) >= 11 is 0. The van der Waals surface area contributed by atoms with Crippen molar-refractivity contribution in [3.8, 4) is 5.75 Å². The molecule has 214 valence electrons. The van der Waals surface area contributed by atoms with Crippen LogP contribution in [0, 0.1) is 0 Å². The summed E-state index contributed by atoms with van der Waals surface area (Å²) in [5, 5.41) is 11.2. The van der Waals surface area contributed by atoms with E-state index < -0.39 is 35.6 Å². The Bertz CT molecular complexity index is 1450. The lowest BCUT2D eigenvalue weighted by molar-refractivity contribution is -0.274. The van der Waals surface area contributed by atoms with Gasteiger partial charge in [0.05, 0.1) is 6.42 Å². The molecule has 0 aromatic heterocycles. The SMILES string of the molecule is CC(C)(C)c1ccc(C(=O)C=C(C(=O)c2ccc(C(=O)NCCC(=O)O)cc2)c2ccc(OC(F)(F)F)cc2)cc1. The summed E-state index contributed by atoms with van der Waals surface area (Å²) in [4.78, 5) is 49.6. The summed E-state index contributed by atoms with van der Waals surface area (Å²) in [7, 11) is 0.